The minimum absolute atomic E-state index is 0.0162. The van der Waals surface area contributed by atoms with Crippen LogP contribution in [0.25, 0.3) is 0 Å². The van der Waals surface area contributed by atoms with Gasteiger partial charge in [0.2, 0.25) is 0 Å². The molecule has 0 spiro atoms. The monoisotopic (exact) mass is 309 g/mol. The van der Waals surface area contributed by atoms with Crippen LogP contribution in [-0.2, 0) is 6.54 Å². The van der Waals surface area contributed by atoms with E-state index in [0.29, 0.717) is 17.5 Å². The Morgan fingerprint density at radius 1 is 1.38 bits per heavy atom. The Morgan fingerprint density at radius 3 is 2.57 bits per heavy atom. The summed E-state index contributed by atoms with van der Waals surface area (Å²) in [6.07, 6.45) is 1.90. The molecule has 118 valence electrons. The summed E-state index contributed by atoms with van der Waals surface area (Å²) in [5.74, 6) is 1.55. The number of halogens is 1. The van der Waals surface area contributed by atoms with Gasteiger partial charge in [0.1, 0.15) is 5.82 Å². The lowest BCUT2D eigenvalue weighted by Gasteiger charge is -2.36. The summed E-state index contributed by atoms with van der Waals surface area (Å²) < 4.78 is 0. The van der Waals surface area contributed by atoms with E-state index in [9.17, 15) is 0 Å². The summed E-state index contributed by atoms with van der Waals surface area (Å²) in [5, 5.41) is 4.10. The van der Waals surface area contributed by atoms with E-state index in [-0.39, 0.29) is 5.54 Å². The van der Waals surface area contributed by atoms with Crippen molar-refractivity contribution in [3.8, 4) is 0 Å². The van der Waals surface area contributed by atoms with E-state index in [1.54, 1.807) is 0 Å². The highest BCUT2D eigenvalue weighted by Gasteiger charge is 2.22. The molecule has 1 aromatic rings. The molecule has 0 aliphatic carbocycles. The summed E-state index contributed by atoms with van der Waals surface area (Å²) in [6, 6.07) is 3.90. The molecule has 4 heteroatoms. The van der Waals surface area contributed by atoms with Gasteiger partial charge in [0, 0.05) is 18.6 Å². The highest BCUT2D eigenvalue weighted by molar-refractivity contribution is 6.31. The molecule has 0 unspecified atom stereocenters. The first-order chi connectivity index (χ1) is 9.75. The highest BCUT2D eigenvalue weighted by atomic mass is 35.5. The first kappa shape index (κ1) is 18.0. The van der Waals surface area contributed by atoms with Gasteiger partial charge >= 0.3 is 0 Å². The maximum Gasteiger partial charge on any atom is 0.129 e. The molecule has 0 radical (unpaired) electrons. The molecule has 0 fully saturated rings. The summed E-state index contributed by atoms with van der Waals surface area (Å²) in [7, 11) is 0. The Morgan fingerprint density at radius 2 is 2.05 bits per heavy atom. The number of hydrogen-bond acceptors (Lipinski definition) is 3. The molecular weight excluding hydrogens is 282 g/mol. The topological polar surface area (TPSA) is 28.2 Å². The SMILES string of the molecule is C=CCN(c1ccc(Cl)c(CNCC(C)C)n1)C(C)(C)C. The van der Waals surface area contributed by atoms with Crippen LogP contribution in [0.3, 0.4) is 0 Å². The lowest BCUT2D eigenvalue weighted by molar-refractivity contribution is 0.515. The fourth-order valence-corrected chi connectivity index (χ4v) is 2.24. The van der Waals surface area contributed by atoms with Crippen molar-refractivity contribution in [1.29, 1.82) is 0 Å². The molecule has 1 heterocycles. The van der Waals surface area contributed by atoms with E-state index in [0.717, 1.165) is 24.6 Å². The second kappa shape index (κ2) is 7.81. The Balaban J connectivity index is 2.95. The van der Waals surface area contributed by atoms with Gasteiger partial charge in [0.15, 0.2) is 0 Å². The normalized spacial score (nSPS) is 11.8. The Kier molecular flexibility index (Phi) is 6.69. The number of nitrogens with zero attached hydrogens (tertiary/aromatic N) is 2. The van der Waals surface area contributed by atoms with E-state index >= 15 is 0 Å². The molecule has 0 aliphatic rings. The van der Waals surface area contributed by atoms with Crippen LogP contribution >= 0.6 is 11.6 Å². The Hall–Kier alpha value is -1.06. The van der Waals surface area contributed by atoms with E-state index in [1.807, 2.05) is 18.2 Å². The lowest BCUT2D eigenvalue weighted by Crippen LogP contribution is -2.42. The first-order valence-corrected chi connectivity index (χ1v) is 7.88. The van der Waals surface area contributed by atoms with Crippen LogP contribution in [0.4, 0.5) is 5.82 Å². The number of anilines is 1. The second-order valence-corrected chi connectivity index (χ2v) is 7.10. The van der Waals surface area contributed by atoms with Gasteiger partial charge in [-0.05, 0) is 45.4 Å². The summed E-state index contributed by atoms with van der Waals surface area (Å²) in [4.78, 5) is 6.96. The zero-order chi connectivity index (χ0) is 16.0. The molecule has 0 aromatic carbocycles. The third-order valence-corrected chi connectivity index (χ3v) is 3.49. The molecule has 0 aliphatic heterocycles. The van der Waals surface area contributed by atoms with Crippen molar-refractivity contribution < 1.29 is 0 Å². The van der Waals surface area contributed by atoms with Crippen molar-refractivity contribution in [1.82, 2.24) is 10.3 Å². The maximum atomic E-state index is 6.27. The van der Waals surface area contributed by atoms with E-state index < -0.39 is 0 Å². The first-order valence-electron chi connectivity index (χ1n) is 7.50. The van der Waals surface area contributed by atoms with Crippen LogP contribution in [0.1, 0.15) is 40.3 Å². The second-order valence-electron chi connectivity index (χ2n) is 6.69. The minimum Gasteiger partial charge on any atom is -0.348 e. The smallest absolute Gasteiger partial charge is 0.129 e. The standard InChI is InChI=1S/C17H28ClN3/c1-7-10-21(17(4,5)6)16-9-8-14(18)15(20-16)12-19-11-13(2)3/h7-9,13,19H,1,10-12H2,2-6H3. The number of hydrogen-bond donors (Lipinski definition) is 1. The predicted molar refractivity (Wildman–Crippen MR) is 93.1 cm³/mol. The zero-order valence-corrected chi connectivity index (χ0v) is 14.7. The van der Waals surface area contributed by atoms with Crippen LogP contribution in [0.15, 0.2) is 24.8 Å². The summed E-state index contributed by atoms with van der Waals surface area (Å²) >= 11 is 6.27. The van der Waals surface area contributed by atoms with Crippen LogP contribution in [-0.4, -0.2) is 23.6 Å². The average Bonchev–Trinajstić information content (AvgIpc) is 2.37. The molecule has 0 amide bonds. The van der Waals surface area contributed by atoms with Gasteiger partial charge in [-0.2, -0.15) is 0 Å². The van der Waals surface area contributed by atoms with Crippen LogP contribution in [0, 0.1) is 5.92 Å². The molecule has 1 rings (SSSR count). The Bertz CT molecular complexity index is 464. The number of rotatable bonds is 7. The summed E-state index contributed by atoms with van der Waals surface area (Å²) in [5.41, 5.74) is 0.880. The fraction of sp³-hybridized carbons (Fsp3) is 0.588. The van der Waals surface area contributed by atoms with Gasteiger partial charge in [0.25, 0.3) is 0 Å². The van der Waals surface area contributed by atoms with Gasteiger partial charge in [-0.3, -0.25) is 0 Å². The van der Waals surface area contributed by atoms with Crippen molar-refractivity contribution in [3.05, 3.63) is 35.5 Å². The molecule has 0 atom stereocenters. The highest BCUT2D eigenvalue weighted by Crippen LogP contribution is 2.25. The van der Waals surface area contributed by atoms with Gasteiger partial charge < -0.3 is 10.2 Å². The van der Waals surface area contributed by atoms with E-state index in [2.05, 4.69) is 51.4 Å². The number of pyridine rings is 1. The quantitative estimate of drug-likeness (QED) is 0.762. The van der Waals surface area contributed by atoms with Gasteiger partial charge in [-0.25, -0.2) is 4.98 Å². The molecule has 0 saturated heterocycles. The number of nitrogens with one attached hydrogen (secondary N) is 1. The molecule has 3 nitrogen and oxygen atoms in total. The van der Waals surface area contributed by atoms with Crippen molar-refractivity contribution in [3.63, 3.8) is 0 Å². The molecule has 1 N–H and O–H groups in total. The summed E-state index contributed by atoms with van der Waals surface area (Å²) in [6.45, 7) is 17.1. The maximum absolute atomic E-state index is 6.27. The van der Waals surface area contributed by atoms with E-state index in [1.165, 1.54) is 0 Å². The largest absolute Gasteiger partial charge is 0.348 e. The van der Waals surface area contributed by atoms with Crippen LogP contribution in [0.2, 0.25) is 5.02 Å². The van der Waals surface area contributed by atoms with Crippen LogP contribution in [0.5, 0.6) is 0 Å². The molecule has 0 saturated carbocycles. The minimum atomic E-state index is -0.0162. The van der Waals surface area contributed by atoms with Crippen molar-refractivity contribution in [2.75, 3.05) is 18.0 Å². The molecule has 0 bridgehead atoms. The fourth-order valence-electron chi connectivity index (χ4n) is 2.07. The number of aromatic nitrogens is 1. The average molecular weight is 310 g/mol. The lowest BCUT2D eigenvalue weighted by atomic mass is 10.1. The van der Waals surface area contributed by atoms with Gasteiger partial charge in [-0.15, -0.1) is 6.58 Å². The third kappa shape index (κ3) is 5.68. The van der Waals surface area contributed by atoms with Crippen LogP contribution < -0.4 is 10.2 Å². The van der Waals surface area contributed by atoms with Crippen molar-refractivity contribution >= 4 is 17.4 Å². The van der Waals surface area contributed by atoms with Gasteiger partial charge in [0.05, 0.1) is 10.7 Å². The Labute approximate surface area is 134 Å². The van der Waals surface area contributed by atoms with E-state index in [4.69, 9.17) is 16.6 Å². The zero-order valence-electron chi connectivity index (χ0n) is 13.9. The molecule has 1 aromatic heterocycles. The molecular formula is C17H28ClN3. The third-order valence-electron chi connectivity index (χ3n) is 3.15. The predicted octanol–water partition coefficient (Wildman–Crippen LogP) is 4.27. The van der Waals surface area contributed by atoms with Crippen molar-refractivity contribution in [2.45, 2.75) is 46.7 Å². The van der Waals surface area contributed by atoms with Gasteiger partial charge in [-0.1, -0.05) is 31.5 Å². The molecule has 21 heavy (non-hydrogen) atoms. The van der Waals surface area contributed by atoms with Crippen molar-refractivity contribution in [2.24, 2.45) is 5.92 Å².